The molecule has 170 valence electrons. The molecule has 1 aliphatic heterocycles. The Balaban J connectivity index is 1.35. The fourth-order valence-electron chi connectivity index (χ4n) is 4.95. The number of carbonyl (C=O) groups is 2. The molecule has 4 rings (SSSR count). The summed E-state index contributed by atoms with van der Waals surface area (Å²) >= 11 is 0. The predicted molar refractivity (Wildman–Crippen MR) is 124 cm³/mol. The van der Waals surface area contributed by atoms with Gasteiger partial charge in [-0.25, -0.2) is 4.39 Å². The second kappa shape index (κ2) is 10.2. The maximum Gasteiger partial charge on any atom is 0.251 e. The Morgan fingerprint density at radius 3 is 2.75 bits per heavy atom. The van der Waals surface area contributed by atoms with Crippen LogP contribution in [0.5, 0.6) is 0 Å². The van der Waals surface area contributed by atoms with Crippen molar-refractivity contribution in [3.63, 3.8) is 0 Å². The molecule has 0 saturated heterocycles. The van der Waals surface area contributed by atoms with Gasteiger partial charge in [-0.1, -0.05) is 43.4 Å². The molecule has 1 atom stereocenters. The molecular weight excluding hydrogens is 405 g/mol. The van der Waals surface area contributed by atoms with Crippen molar-refractivity contribution in [2.24, 2.45) is 5.92 Å². The maximum atomic E-state index is 13.4. The summed E-state index contributed by atoms with van der Waals surface area (Å²) in [6, 6.07) is 11.8. The van der Waals surface area contributed by atoms with E-state index in [9.17, 15) is 14.0 Å². The second-order valence-corrected chi connectivity index (χ2v) is 9.08. The van der Waals surface area contributed by atoms with Crippen LogP contribution < -0.4 is 15.5 Å². The first-order valence-corrected chi connectivity index (χ1v) is 11.7. The van der Waals surface area contributed by atoms with Gasteiger partial charge in [-0.15, -0.1) is 0 Å². The molecule has 0 unspecified atom stereocenters. The van der Waals surface area contributed by atoms with Crippen molar-refractivity contribution >= 4 is 17.5 Å². The molecule has 0 aromatic heterocycles. The van der Waals surface area contributed by atoms with Crippen LogP contribution in [0.3, 0.4) is 0 Å². The Hall–Kier alpha value is -2.89. The Kier molecular flexibility index (Phi) is 7.08. The molecule has 1 aliphatic carbocycles. The number of carbonyl (C=O) groups excluding carboxylic acids is 2. The quantitative estimate of drug-likeness (QED) is 0.656. The molecule has 2 aromatic carbocycles. The zero-order valence-electron chi connectivity index (χ0n) is 18.7. The van der Waals surface area contributed by atoms with Crippen LogP contribution in [0.4, 0.5) is 10.1 Å². The summed E-state index contributed by atoms with van der Waals surface area (Å²) in [5, 5.41) is 6.01. The number of amides is 2. The number of nitrogens with one attached hydrogen (secondary N) is 2. The average molecular weight is 438 g/mol. The van der Waals surface area contributed by atoms with Crippen LogP contribution in [-0.4, -0.2) is 37.5 Å². The van der Waals surface area contributed by atoms with Crippen LogP contribution in [0.1, 0.15) is 53.6 Å². The van der Waals surface area contributed by atoms with Crippen LogP contribution in [0.2, 0.25) is 0 Å². The summed E-state index contributed by atoms with van der Waals surface area (Å²) in [7, 11) is 0. The van der Waals surface area contributed by atoms with E-state index in [0.717, 1.165) is 42.6 Å². The lowest BCUT2D eigenvalue weighted by Gasteiger charge is -2.23. The second-order valence-electron chi connectivity index (χ2n) is 9.08. The van der Waals surface area contributed by atoms with Crippen molar-refractivity contribution in [3.05, 3.63) is 65.0 Å². The Morgan fingerprint density at radius 2 is 1.97 bits per heavy atom. The van der Waals surface area contributed by atoms with Crippen LogP contribution in [0.25, 0.3) is 0 Å². The van der Waals surface area contributed by atoms with Gasteiger partial charge >= 0.3 is 0 Å². The Morgan fingerprint density at radius 1 is 1.16 bits per heavy atom. The van der Waals surface area contributed by atoms with Gasteiger partial charge in [-0.3, -0.25) is 9.59 Å². The standard InChI is InChI=1S/C26H32FN3O2/c1-18-5-4-8-21(15-18)25(31)29-23(16-19-6-2-3-7-19)26(32)28-12-14-30-13-11-20-17-22(27)9-10-24(20)30/h4-5,8-10,15,17,19,23H,2-3,6-7,11-14,16H2,1H3,(H,28,32)(H,29,31)/t23-/m0/s1. The third-order valence-electron chi connectivity index (χ3n) is 6.66. The van der Waals surface area contributed by atoms with Gasteiger partial charge < -0.3 is 15.5 Å². The molecule has 2 aromatic rings. The number of halogens is 1. The van der Waals surface area contributed by atoms with Crippen molar-refractivity contribution < 1.29 is 14.0 Å². The molecular formula is C26H32FN3O2. The van der Waals surface area contributed by atoms with E-state index >= 15 is 0 Å². The number of fused-ring (bicyclic) bond motifs is 1. The van der Waals surface area contributed by atoms with Crippen molar-refractivity contribution in [3.8, 4) is 0 Å². The normalized spacial score (nSPS) is 16.6. The minimum Gasteiger partial charge on any atom is -0.369 e. The lowest BCUT2D eigenvalue weighted by atomic mass is 9.97. The molecule has 1 heterocycles. The highest BCUT2D eigenvalue weighted by Crippen LogP contribution is 2.29. The fourth-order valence-corrected chi connectivity index (χ4v) is 4.95. The van der Waals surface area contributed by atoms with E-state index in [1.165, 1.54) is 18.9 Å². The van der Waals surface area contributed by atoms with Gasteiger partial charge in [-0.05, 0) is 61.6 Å². The number of nitrogens with zero attached hydrogens (tertiary/aromatic N) is 1. The first kappa shape index (κ1) is 22.3. The number of aryl methyl sites for hydroxylation is 1. The SMILES string of the molecule is Cc1cccc(C(=O)N[C@@H](CC2CCCC2)C(=O)NCCN2CCc3cc(F)ccc32)c1. The van der Waals surface area contributed by atoms with Gasteiger partial charge in [0.1, 0.15) is 11.9 Å². The number of rotatable bonds is 8. The van der Waals surface area contributed by atoms with Crippen molar-refractivity contribution in [2.45, 2.75) is 51.5 Å². The zero-order valence-corrected chi connectivity index (χ0v) is 18.7. The topological polar surface area (TPSA) is 61.4 Å². The third-order valence-corrected chi connectivity index (χ3v) is 6.66. The van der Waals surface area contributed by atoms with Crippen LogP contribution in [0, 0.1) is 18.7 Å². The lowest BCUT2D eigenvalue weighted by molar-refractivity contribution is -0.123. The third kappa shape index (κ3) is 5.47. The highest BCUT2D eigenvalue weighted by atomic mass is 19.1. The molecule has 2 amide bonds. The molecule has 0 radical (unpaired) electrons. The van der Waals surface area contributed by atoms with Gasteiger partial charge in [0, 0.05) is 30.9 Å². The molecule has 5 nitrogen and oxygen atoms in total. The van der Waals surface area contributed by atoms with E-state index in [-0.39, 0.29) is 17.6 Å². The first-order chi connectivity index (χ1) is 15.5. The highest BCUT2D eigenvalue weighted by molar-refractivity contribution is 5.97. The molecule has 2 N–H and O–H groups in total. The van der Waals surface area contributed by atoms with Crippen molar-refractivity contribution in [1.29, 1.82) is 0 Å². The van der Waals surface area contributed by atoms with E-state index in [1.807, 2.05) is 31.2 Å². The van der Waals surface area contributed by atoms with Gasteiger partial charge in [0.2, 0.25) is 5.91 Å². The van der Waals surface area contributed by atoms with E-state index < -0.39 is 6.04 Å². The van der Waals surface area contributed by atoms with E-state index in [4.69, 9.17) is 0 Å². The summed E-state index contributed by atoms with van der Waals surface area (Å²) in [6.07, 6.45) is 6.11. The summed E-state index contributed by atoms with van der Waals surface area (Å²) in [4.78, 5) is 28.0. The summed E-state index contributed by atoms with van der Waals surface area (Å²) < 4.78 is 13.4. The summed E-state index contributed by atoms with van der Waals surface area (Å²) in [5.74, 6) is -0.0688. The number of hydrogen-bond acceptors (Lipinski definition) is 3. The van der Waals surface area contributed by atoms with E-state index in [2.05, 4.69) is 15.5 Å². The van der Waals surface area contributed by atoms with Crippen LogP contribution in [-0.2, 0) is 11.2 Å². The molecule has 1 fully saturated rings. The largest absolute Gasteiger partial charge is 0.369 e. The lowest BCUT2D eigenvalue weighted by Crippen LogP contribution is -2.49. The Labute approximate surface area is 189 Å². The van der Waals surface area contributed by atoms with Crippen molar-refractivity contribution in [2.75, 3.05) is 24.5 Å². The summed E-state index contributed by atoms with van der Waals surface area (Å²) in [5.41, 5.74) is 3.65. The van der Waals surface area contributed by atoms with Gasteiger partial charge in [-0.2, -0.15) is 0 Å². The fraction of sp³-hybridized carbons (Fsp3) is 0.462. The molecule has 0 bridgehead atoms. The Bertz CT molecular complexity index is 971. The molecule has 0 spiro atoms. The minimum atomic E-state index is -0.536. The monoisotopic (exact) mass is 437 g/mol. The highest BCUT2D eigenvalue weighted by Gasteiger charge is 2.27. The first-order valence-electron chi connectivity index (χ1n) is 11.7. The molecule has 6 heteroatoms. The molecule has 1 saturated carbocycles. The van der Waals surface area contributed by atoms with Gasteiger partial charge in [0.05, 0.1) is 0 Å². The number of benzene rings is 2. The smallest absolute Gasteiger partial charge is 0.251 e. The molecule has 32 heavy (non-hydrogen) atoms. The van der Waals surface area contributed by atoms with Gasteiger partial charge in [0.25, 0.3) is 5.91 Å². The van der Waals surface area contributed by atoms with Gasteiger partial charge in [0.15, 0.2) is 0 Å². The van der Waals surface area contributed by atoms with Crippen LogP contribution in [0.15, 0.2) is 42.5 Å². The maximum absolute atomic E-state index is 13.4. The summed E-state index contributed by atoms with van der Waals surface area (Å²) in [6.45, 7) is 3.91. The number of anilines is 1. The average Bonchev–Trinajstić information content (AvgIpc) is 3.43. The zero-order chi connectivity index (χ0) is 22.5. The predicted octanol–water partition coefficient (Wildman–Crippen LogP) is 3.99. The number of hydrogen-bond donors (Lipinski definition) is 2. The molecule has 2 aliphatic rings. The van der Waals surface area contributed by atoms with Crippen LogP contribution >= 0.6 is 0 Å². The van der Waals surface area contributed by atoms with E-state index in [0.29, 0.717) is 31.0 Å². The minimum absolute atomic E-state index is 0.128. The van der Waals surface area contributed by atoms with E-state index in [1.54, 1.807) is 12.1 Å². The van der Waals surface area contributed by atoms with Crippen molar-refractivity contribution in [1.82, 2.24) is 10.6 Å².